The monoisotopic (exact) mass is 406 g/mol. The Morgan fingerprint density at radius 1 is 1.27 bits per heavy atom. The minimum Gasteiger partial charge on any atom is -0.471 e. The molecular weight excluding hydrogens is 384 g/mol. The van der Waals surface area contributed by atoms with Crippen LogP contribution in [0.15, 0.2) is 43.0 Å². The van der Waals surface area contributed by atoms with Crippen LogP contribution in [0.3, 0.4) is 0 Å². The predicted molar refractivity (Wildman–Crippen MR) is 109 cm³/mol. The number of H-pyrrole nitrogens is 1. The Kier molecular flexibility index (Phi) is 4.75. The molecule has 10 nitrogen and oxygen atoms in total. The fraction of sp³-hybridized carbons (Fsp3) is 0.350. The van der Waals surface area contributed by atoms with Gasteiger partial charge in [0.05, 0.1) is 24.7 Å². The van der Waals surface area contributed by atoms with Gasteiger partial charge in [0.25, 0.3) is 0 Å². The molecule has 1 aliphatic rings. The van der Waals surface area contributed by atoms with Crippen molar-refractivity contribution >= 4 is 17.2 Å². The van der Waals surface area contributed by atoms with E-state index in [2.05, 4.69) is 49.6 Å². The summed E-state index contributed by atoms with van der Waals surface area (Å²) in [4.78, 5) is 4.37. The molecule has 4 aromatic heterocycles. The summed E-state index contributed by atoms with van der Waals surface area (Å²) in [6.45, 7) is 4.70. The molecule has 2 N–H and O–H groups in total. The smallest absolute Gasteiger partial charge is 0.237 e. The molecule has 5 heterocycles. The van der Waals surface area contributed by atoms with Crippen LogP contribution in [0, 0.1) is 0 Å². The number of nitrogens with zero attached hydrogens (tertiary/aromatic N) is 6. The lowest BCUT2D eigenvalue weighted by molar-refractivity contribution is 0.0905. The van der Waals surface area contributed by atoms with E-state index in [1.807, 2.05) is 18.2 Å². The number of nitrogens with one attached hydrogen (secondary N) is 2. The Balaban J connectivity index is 1.26. The zero-order valence-electron chi connectivity index (χ0n) is 16.7. The molecule has 0 spiro atoms. The number of fused-ring (bicyclic) bond motifs is 1. The Hall–Kier alpha value is -3.53. The second-order valence-electron chi connectivity index (χ2n) is 7.51. The summed E-state index contributed by atoms with van der Waals surface area (Å²) in [6.07, 6.45) is 7.38. The maximum atomic E-state index is 6.09. The highest BCUT2D eigenvalue weighted by atomic mass is 16.6. The van der Waals surface area contributed by atoms with Gasteiger partial charge >= 0.3 is 0 Å². The first-order chi connectivity index (χ1) is 14.7. The van der Waals surface area contributed by atoms with Gasteiger partial charge in [-0.1, -0.05) is 13.8 Å². The fourth-order valence-electron chi connectivity index (χ4n) is 3.56. The lowest BCUT2D eigenvalue weighted by Crippen LogP contribution is -2.18. The van der Waals surface area contributed by atoms with E-state index in [0.717, 1.165) is 16.8 Å². The highest BCUT2D eigenvalue weighted by Crippen LogP contribution is 2.33. The van der Waals surface area contributed by atoms with Gasteiger partial charge in [0.1, 0.15) is 17.7 Å². The van der Waals surface area contributed by atoms with Crippen LogP contribution in [-0.4, -0.2) is 47.7 Å². The minimum atomic E-state index is -0.129. The van der Waals surface area contributed by atoms with Gasteiger partial charge < -0.3 is 14.8 Å². The predicted octanol–water partition coefficient (Wildman–Crippen LogP) is 3.02. The highest BCUT2D eigenvalue weighted by molar-refractivity contribution is 5.71. The number of aromatic nitrogens is 7. The van der Waals surface area contributed by atoms with E-state index in [0.29, 0.717) is 36.5 Å². The van der Waals surface area contributed by atoms with Gasteiger partial charge in [-0.2, -0.15) is 15.3 Å². The molecule has 0 radical (unpaired) electrons. The van der Waals surface area contributed by atoms with Crippen LogP contribution in [0.25, 0.3) is 5.52 Å². The van der Waals surface area contributed by atoms with Gasteiger partial charge in [-0.15, -0.1) is 5.10 Å². The molecule has 5 rings (SSSR count). The molecule has 0 saturated carbocycles. The molecule has 2 atom stereocenters. The van der Waals surface area contributed by atoms with E-state index in [4.69, 9.17) is 9.47 Å². The Morgan fingerprint density at radius 3 is 3.10 bits per heavy atom. The van der Waals surface area contributed by atoms with Crippen molar-refractivity contribution < 1.29 is 9.47 Å². The van der Waals surface area contributed by atoms with Crippen molar-refractivity contribution in [3.05, 3.63) is 54.2 Å². The average Bonchev–Trinajstić information content (AvgIpc) is 3.49. The number of anilines is 2. The Labute approximate surface area is 172 Å². The van der Waals surface area contributed by atoms with Crippen molar-refractivity contribution in [1.82, 2.24) is 35.0 Å². The molecule has 1 aliphatic heterocycles. The molecule has 0 bridgehead atoms. The number of rotatable bonds is 6. The third-order valence-electron chi connectivity index (χ3n) is 5.09. The first-order valence-corrected chi connectivity index (χ1v) is 9.88. The Bertz CT molecular complexity index is 1150. The van der Waals surface area contributed by atoms with E-state index in [1.165, 1.54) is 0 Å². The van der Waals surface area contributed by atoms with Crippen molar-refractivity contribution in [3.8, 4) is 5.88 Å². The van der Waals surface area contributed by atoms with Crippen LogP contribution in [0.2, 0.25) is 0 Å². The van der Waals surface area contributed by atoms with E-state index in [1.54, 1.807) is 29.3 Å². The van der Waals surface area contributed by atoms with Crippen LogP contribution in [-0.2, 0) is 4.74 Å². The molecule has 30 heavy (non-hydrogen) atoms. The van der Waals surface area contributed by atoms with Gasteiger partial charge in [0, 0.05) is 30.4 Å². The molecule has 0 aliphatic carbocycles. The van der Waals surface area contributed by atoms with Gasteiger partial charge in [-0.3, -0.25) is 5.10 Å². The summed E-state index contributed by atoms with van der Waals surface area (Å²) in [7, 11) is 0. The number of ether oxygens (including phenoxy) is 2. The normalized spacial score (nSPS) is 18.9. The lowest BCUT2D eigenvalue weighted by Gasteiger charge is -2.15. The van der Waals surface area contributed by atoms with Gasteiger partial charge in [0.15, 0.2) is 11.6 Å². The second-order valence-corrected chi connectivity index (χ2v) is 7.51. The topological polar surface area (TPSA) is 115 Å². The van der Waals surface area contributed by atoms with Crippen LogP contribution in [0.1, 0.15) is 43.5 Å². The van der Waals surface area contributed by atoms with Crippen molar-refractivity contribution in [2.24, 2.45) is 0 Å². The zero-order valence-corrected chi connectivity index (χ0v) is 16.7. The largest absolute Gasteiger partial charge is 0.471 e. The molecular formula is C20H22N8O2. The van der Waals surface area contributed by atoms with E-state index >= 15 is 0 Å². The minimum absolute atomic E-state index is 0.0916. The van der Waals surface area contributed by atoms with Crippen molar-refractivity contribution in [3.63, 3.8) is 0 Å². The van der Waals surface area contributed by atoms with Crippen LogP contribution < -0.4 is 10.1 Å². The van der Waals surface area contributed by atoms with Crippen LogP contribution in [0.4, 0.5) is 11.6 Å². The molecule has 1 saturated heterocycles. The molecule has 0 amide bonds. The zero-order chi connectivity index (χ0) is 20.5. The van der Waals surface area contributed by atoms with E-state index < -0.39 is 0 Å². The first kappa shape index (κ1) is 18.5. The third kappa shape index (κ3) is 3.57. The van der Waals surface area contributed by atoms with E-state index in [-0.39, 0.29) is 12.2 Å². The van der Waals surface area contributed by atoms with E-state index in [9.17, 15) is 0 Å². The van der Waals surface area contributed by atoms with Gasteiger partial charge in [-0.05, 0) is 18.1 Å². The maximum Gasteiger partial charge on any atom is 0.237 e. The van der Waals surface area contributed by atoms with Crippen LogP contribution >= 0.6 is 0 Å². The molecule has 2 unspecified atom stereocenters. The summed E-state index contributed by atoms with van der Waals surface area (Å²) < 4.78 is 13.8. The fourth-order valence-corrected chi connectivity index (χ4v) is 3.56. The van der Waals surface area contributed by atoms with Gasteiger partial charge in [0.2, 0.25) is 5.88 Å². The SMILES string of the molecule is CC(C)c1ccnnc1OC1COC(c2cc(Nc3nccn4nccc34)n[nH]2)C1. The lowest BCUT2D eigenvalue weighted by atomic mass is 10.1. The number of hydrogen-bond donors (Lipinski definition) is 2. The Morgan fingerprint density at radius 2 is 2.20 bits per heavy atom. The summed E-state index contributed by atoms with van der Waals surface area (Å²) in [5, 5.41) is 23.0. The maximum absolute atomic E-state index is 6.09. The quantitative estimate of drug-likeness (QED) is 0.502. The third-order valence-corrected chi connectivity index (χ3v) is 5.09. The average molecular weight is 406 g/mol. The summed E-state index contributed by atoms with van der Waals surface area (Å²) in [5.41, 5.74) is 2.80. The summed E-state index contributed by atoms with van der Waals surface area (Å²) in [5.74, 6) is 2.23. The molecule has 154 valence electrons. The van der Waals surface area contributed by atoms with Crippen LogP contribution in [0.5, 0.6) is 5.88 Å². The van der Waals surface area contributed by atoms with Crippen molar-refractivity contribution in [1.29, 1.82) is 0 Å². The van der Waals surface area contributed by atoms with Crippen molar-refractivity contribution in [2.45, 2.75) is 38.4 Å². The standard InChI is InChI=1S/C20H22N8O2/c1-12(2)14-3-5-22-27-20(14)30-13-9-17(29-11-13)15-10-18(26-25-15)24-19-16-4-6-23-28(16)8-7-21-19/h3-8,10,12-13,17H,9,11H2,1-2H3,(H2,21,24,25,26). The van der Waals surface area contributed by atoms with Gasteiger partial charge in [-0.25, -0.2) is 9.50 Å². The highest BCUT2D eigenvalue weighted by Gasteiger charge is 2.30. The number of hydrogen-bond acceptors (Lipinski definition) is 8. The van der Waals surface area contributed by atoms with Crippen molar-refractivity contribution in [2.75, 3.05) is 11.9 Å². The molecule has 1 fully saturated rings. The summed E-state index contributed by atoms with van der Waals surface area (Å²) in [6, 6.07) is 5.77. The summed E-state index contributed by atoms with van der Waals surface area (Å²) >= 11 is 0. The molecule has 0 aromatic carbocycles. The second kappa shape index (κ2) is 7.71. The number of aromatic amines is 1. The first-order valence-electron chi connectivity index (χ1n) is 9.88. The molecule has 10 heteroatoms. The molecule has 4 aromatic rings.